The minimum Gasteiger partial charge on any atom is -0.266 e. The van der Waals surface area contributed by atoms with Gasteiger partial charge in [-0.1, -0.05) is 30.3 Å². The molecule has 1 amide bonds. The van der Waals surface area contributed by atoms with E-state index in [4.69, 9.17) is 0 Å². The predicted octanol–water partition coefficient (Wildman–Crippen LogP) is 0.910. The van der Waals surface area contributed by atoms with E-state index >= 15 is 0 Å². The third kappa shape index (κ3) is 2.76. The summed E-state index contributed by atoms with van der Waals surface area (Å²) >= 11 is -0.242. The van der Waals surface area contributed by atoms with Gasteiger partial charge in [0.15, 0.2) is 0 Å². The molecule has 2 rings (SSSR count). The Morgan fingerprint density at radius 3 is 2.60 bits per heavy atom. The van der Waals surface area contributed by atoms with Crippen molar-refractivity contribution in [1.82, 2.24) is 9.44 Å². The van der Waals surface area contributed by atoms with Crippen LogP contribution in [0.15, 0.2) is 42.1 Å². The van der Waals surface area contributed by atoms with Crippen molar-refractivity contribution < 1.29 is 4.79 Å². The maximum absolute atomic E-state index is 11.3. The van der Waals surface area contributed by atoms with Crippen LogP contribution in [0, 0.1) is 0 Å². The molecule has 0 spiro atoms. The van der Waals surface area contributed by atoms with E-state index in [0.717, 1.165) is 12.1 Å². The van der Waals surface area contributed by atoms with E-state index in [-0.39, 0.29) is 17.2 Å². The first-order valence-electron chi connectivity index (χ1n) is 4.72. The number of hydrogen-bond donors (Lipinski definition) is 2. The lowest BCUT2D eigenvalue weighted by molar-refractivity contribution is -0.114. The fourth-order valence-corrected chi connectivity index (χ4v) is 2.43. The smallest absolute Gasteiger partial charge is 0.266 e. The summed E-state index contributed by atoms with van der Waals surface area (Å²) in [5, 5.41) is 0. The second-order valence-corrected chi connectivity index (χ2v) is 4.84. The van der Waals surface area contributed by atoms with Crippen LogP contribution in [-0.2, 0) is 22.5 Å². The molecule has 0 fully saturated rings. The van der Waals surface area contributed by atoms with Crippen LogP contribution < -0.4 is 9.44 Å². The van der Waals surface area contributed by atoms with E-state index in [0.29, 0.717) is 0 Å². The van der Waals surface area contributed by atoms with Crippen LogP contribution in [-0.4, -0.2) is 12.2 Å². The highest BCUT2D eigenvalue weighted by Crippen LogP contribution is 2.08. The van der Waals surface area contributed by atoms with Crippen LogP contribution >= 0.6 is 0 Å². The van der Waals surface area contributed by atoms with Gasteiger partial charge in [-0.3, -0.25) is 4.79 Å². The normalized spacial score (nSPS) is 20.2. The van der Waals surface area contributed by atoms with Crippen molar-refractivity contribution in [1.29, 1.82) is 0 Å². The zero-order valence-corrected chi connectivity index (χ0v) is 9.30. The molecule has 0 radical (unpaired) electrons. The molecule has 78 valence electrons. The summed E-state index contributed by atoms with van der Waals surface area (Å²) in [7, 11) is 0. The average molecular weight is 221 g/mol. The average Bonchev–Trinajstić information content (AvgIpc) is 2.17. The van der Waals surface area contributed by atoms with Crippen LogP contribution in [0.1, 0.15) is 5.56 Å². The van der Waals surface area contributed by atoms with Gasteiger partial charge in [-0.15, -0.1) is 4.72 Å². The number of allylic oxidation sites excluding steroid dienone is 1. The zero-order chi connectivity index (χ0) is 10.7. The Kier molecular flexibility index (Phi) is 2.97. The first-order valence-corrected chi connectivity index (χ1v) is 6.35. The summed E-state index contributed by atoms with van der Waals surface area (Å²) < 4.78 is 6.05. The Labute approximate surface area is 92.2 Å². The lowest BCUT2D eigenvalue weighted by Crippen LogP contribution is -2.43. The van der Waals surface area contributed by atoms with E-state index in [1.54, 1.807) is 6.08 Å². The molecular formula is C11H13N2OS+. The Balaban J connectivity index is 2.09. The van der Waals surface area contributed by atoms with E-state index in [9.17, 15) is 4.79 Å². The second kappa shape index (κ2) is 4.40. The third-order valence-corrected chi connectivity index (χ3v) is 3.16. The molecule has 2 N–H and O–H groups in total. The highest BCUT2D eigenvalue weighted by Gasteiger charge is 2.22. The molecule has 0 saturated heterocycles. The highest BCUT2D eigenvalue weighted by molar-refractivity contribution is 7.93. The molecule has 1 unspecified atom stereocenters. The molecule has 0 saturated carbocycles. The Morgan fingerprint density at radius 2 is 1.93 bits per heavy atom. The number of hydrogen-bond acceptors (Lipinski definition) is 2. The van der Waals surface area contributed by atoms with Gasteiger partial charge in [-0.05, 0) is 5.56 Å². The van der Waals surface area contributed by atoms with E-state index < -0.39 is 0 Å². The van der Waals surface area contributed by atoms with Gasteiger partial charge in [-0.25, -0.2) is 0 Å². The van der Waals surface area contributed by atoms with Crippen molar-refractivity contribution in [3.63, 3.8) is 0 Å². The molecule has 1 aromatic rings. The summed E-state index contributed by atoms with van der Waals surface area (Å²) in [6.45, 7) is 0. The largest absolute Gasteiger partial charge is 0.288 e. The van der Waals surface area contributed by atoms with Crippen molar-refractivity contribution >= 4 is 17.2 Å². The molecule has 15 heavy (non-hydrogen) atoms. The number of carbonyl (C=O) groups excluding carboxylic acids is 1. The molecule has 1 aliphatic rings. The first kappa shape index (κ1) is 10.1. The maximum atomic E-state index is 11.3. The summed E-state index contributed by atoms with van der Waals surface area (Å²) in [5.74, 6) is -0.00878. The van der Waals surface area contributed by atoms with Gasteiger partial charge in [0.2, 0.25) is 11.3 Å². The van der Waals surface area contributed by atoms with Gasteiger partial charge in [0, 0.05) is 12.5 Å². The van der Waals surface area contributed by atoms with Crippen LogP contribution in [0.4, 0.5) is 0 Å². The van der Waals surface area contributed by atoms with Crippen LogP contribution in [0.2, 0.25) is 0 Å². The Hall–Kier alpha value is -1.42. The molecule has 4 heteroatoms. The topological polar surface area (TPSA) is 41.1 Å². The predicted molar refractivity (Wildman–Crippen MR) is 62.8 cm³/mol. The zero-order valence-electron chi connectivity index (χ0n) is 8.49. The number of amides is 1. The van der Waals surface area contributed by atoms with E-state index in [1.807, 2.05) is 24.5 Å². The maximum Gasteiger partial charge on any atom is 0.288 e. The van der Waals surface area contributed by atoms with Crippen molar-refractivity contribution in [3.05, 3.63) is 47.7 Å². The standard InChI is InChI=1S/C11H12N2OS/c1-15-12-10(8-11(14)13-15)7-9-5-3-2-4-6-9/h2-6,8H,7H2,1H3,(H,12,13,14)/p+1. The second-order valence-electron chi connectivity index (χ2n) is 3.41. The Bertz CT molecular complexity index is 389. The van der Waals surface area contributed by atoms with Gasteiger partial charge in [0.25, 0.3) is 5.91 Å². The summed E-state index contributed by atoms with van der Waals surface area (Å²) in [6, 6.07) is 10.1. The third-order valence-electron chi connectivity index (χ3n) is 2.08. The summed E-state index contributed by atoms with van der Waals surface area (Å²) in [5.41, 5.74) is 2.19. The molecule has 1 aliphatic heterocycles. The van der Waals surface area contributed by atoms with Gasteiger partial charge in [-0.2, -0.15) is 4.72 Å². The number of rotatable bonds is 2. The van der Waals surface area contributed by atoms with Gasteiger partial charge < -0.3 is 0 Å². The number of benzene rings is 1. The van der Waals surface area contributed by atoms with Crippen LogP contribution in [0.3, 0.4) is 0 Å². The molecule has 0 bridgehead atoms. The van der Waals surface area contributed by atoms with Crippen molar-refractivity contribution in [2.24, 2.45) is 0 Å². The van der Waals surface area contributed by atoms with E-state index in [1.165, 1.54) is 5.56 Å². The molecular weight excluding hydrogens is 208 g/mol. The molecule has 1 atom stereocenters. The molecule has 1 heterocycles. The lowest BCUT2D eigenvalue weighted by atomic mass is 10.1. The first-order chi connectivity index (χ1) is 7.24. The van der Waals surface area contributed by atoms with Crippen molar-refractivity contribution in [3.8, 4) is 0 Å². The fraction of sp³-hybridized carbons (Fsp3) is 0.182. The molecule has 0 aliphatic carbocycles. The molecule has 3 nitrogen and oxygen atoms in total. The number of nitrogens with one attached hydrogen (secondary N) is 2. The minimum absolute atomic E-state index is 0.00878. The molecule has 0 aromatic heterocycles. The minimum atomic E-state index is -0.242. The van der Waals surface area contributed by atoms with E-state index in [2.05, 4.69) is 21.6 Å². The van der Waals surface area contributed by atoms with Crippen LogP contribution in [0.5, 0.6) is 0 Å². The highest BCUT2D eigenvalue weighted by atomic mass is 32.2. The van der Waals surface area contributed by atoms with Crippen molar-refractivity contribution in [2.75, 3.05) is 6.26 Å². The number of carbonyl (C=O) groups is 1. The quantitative estimate of drug-likeness (QED) is 0.729. The van der Waals surface area contributed by atoms with Crippen molar-refractivity contribution in [2.45, 2.75) is 6.42 Å². The lowest BCUT2D eigenvalue weighted by Gasteiger charge is -2.13. The summed E-state index contributed by atoms with van der Waals surface area (Å²) in [4.78, 5) is 11.3. The SMILES string of the molecule is C[S+]1NC(=O)C=C(Cc2ccccc2)N1. The fourth-order valence-electron chi connectivity index (χ4n) is 1.49. The van der Waals surface area contributed by atoms with Gasteiger partial charge in [0.1, 0.15) is 6.26 Å². The monoisotopic (exact) mass is 221 g/mol. The van der Waals surface area contributed by atoms with Crippen LogP contribution in [0.25, 0.3) is 0 Å². The Morgan fingerprint density at radius 1 is 1.20 bits per heavy atom. The van der Waals surface area contributed by atoms with Gasteiger partial charge >= 0.3 is 0 Å². The molecule has 1 aromatic carbocycles. The summed E-state index contributed by atoms with van der Waals surface area (Å²) in [6.07, 6.45) is 4.36. The van der Waals surface area contributed by atoms with Gasteiger partial charge in [0.05, 0.1) is 5.70 Å².